The molecule has 68 valence electrons. The Morgan fingerprint density at radius 3 is 2.83 bits per heavy atom. The van der Waals surface area contributed by atoms with Gasteiger partial charge >= 0.3 is 0 Å². The van der Waals surface area contributed by atoms with Gasteiger partial charge in [-0.2, -0.15) is 0 Å². The van der Waals surface area contributed by atoms with Gasteiger partial charge in [-0.25, -0.2) is 0 Å². The van der Waals surface area contributed by atoms with Crippen molar-refractivity contribution in [2.24, 2.45) is 0 Å². The SMILES string of the molecule is CN(C)C(=N)OC1C=CCCC1. The van der Waals surface area contributed by atoms with E-state index < -0.39 is 0 Å². The van der Waals surface area contributed by atoms with Gasteiger partial charge in [0.2, 0.25) is 0 Å². The van der Waals surface area contributed by atoms with Crippen LogP contribution in [0.15, 0.2) is 12.2 Å². The second-order valence-electron chi connectivity index (χ2n) is 3.21. The van der Waals surface area contributed by atoms with Crippen LogP contribution in [-0.4, -0.2) is 31.1 Å². The molecule has 0 saturated carbocycles. The molecule has 1 N–H and O–H groups in total. The summed E-state index contributed by atoms with van der Waals surface area (Å²) in [5, 5.41) is 7.45. The minimum Gasteiger partial charge on any atom is -0.458 e. The average Bonchev–Trinajstić information content (AvgIpc) is 2.06. The molecule has 3 heteroatoms. The Hall–Kier alpha value is -0.990. The molecule has 0 fully saturated rings. The molecule has 0 radical (unpaired) electrons. The van der Waals surface area contributed by atoms with Gasteiger partial charge in [0, 0.05) is 14.1 Å². The summed E-state index contributed by atoms with van der Waals surface area (Å²) in [6.07, 6.45) is 7.64. The normalized spacial score (nSPS) is 22.0. The molecule has 0 aromatic carbocycles. The Bertz CT molecular complexity index is 187. The number of ether oxygens (including phenoxy) is 1. The van der Waals surface area contributed by atoms with Gasteiger partial charge in [0.15, 0.2) is 0 Å². The number of hydrogen-bond acceptors (Lipinski definition) is 2. The zero-order chi connectivity index (χ0) is 8.97. The summed E-state index contributed by atoms with van der Waals surface area (Å²) in [7, 11) is 3.63. The average molecular weight is 168 g/mol. The monoisotopic (exact) mass is 168 g/mol. The van der Waals surface area contributed by atoms with E-state index >= 15 is 0 Å². The molecule has 0 aliphatic heterocycles. The van der Waals surface area contributed by atoms with Gasteiger partial charge in [-0.1, -0.05) is 6.08 Å². The first-order valence-corrected chi connectivity index (χ1v) is 4.29. The molecular weight excluding hydrogens is 152 g/mol. The van der Waals surface area contributed by atoms with Crippen LogP contribution in [0.3, 0.4) is 0 Å². The maximum atomic E-state index is 7.45. The van der Waals surface area contributed by atoms with Gasteiger partial charge in [-0.3, -0.25) is 5.41 Å². The zero-order valence-corrected chi connectivity index (χ0v) is 7.71. The number of rotatable bonds is 1. The van der Waals surface area contributed by atoms with Crippen LogP contribution in [0, 0.1) is 5.41 Å². The number of nitrogens with zero attached hydrogens (tertiary/aromatic N) is 1. The molecule has 0 spiro atoms. The third-order valence-electron chi connectivity index (χ3n) is 1.88. The first-order valence-electron chi connectivity index (χ1n) is 4.29. The van der Waals surface area contributed by atoms with E-state index in [0.29, 0.717) is 0 Å². The minimum atomic E-state index is 0.119. The van der Waals surface area contributed by atoms with Crippen LogP contribution in [-0.2, 0) is 4.74 Å². The van der Waals surface area contributed by atoms with E-state index in [9.17, 15) is 0 Å². The lowest BCUT2D eigenvalue weighted by atomic mass is 10.1. The molecular formula is C9H16N2O. The Morgan fingerprint density at radius 2 is 2.33 bits per heavy atom. The molecule has 1 aliphatic rings. The summed E-state index contributed by atoms with van der Waals surface area (Å²) in [6.45, 7) is 0. The van der Waals surface area contributed by atoms with Crippen molar-refractivity contribution in [1.82, 2.24) is 4.90 Å². The Balaban J connectivity index is 2.35. The first-order chi connectivity index (χ1) is 5.70. The fourth-order valence-corrected chi connectivity index (χ4v) is 1.13. The van der Waals surface area contributed by atoms with E-state index in [4.69, 9.17) is 10.1 Å². The van der Waals surface area contributed by atoms with Gasteiger partial charge in [-0.05, 0) is 25.3 Å². The van der Waals surface area contributed by atoms with Crippen molar-refractivity contribution >= 4 is 6.02 Å². The smallest absolute Gasteiger partial charge is 0.284 e. The van der Waals surface area contributed by atoms with Crippen LogP contribution < -0.4 is 0 Å². The van der Waals surface area contributed by atoms with E-state index in [1.54, 1.807) is 4.90 Å². The van der Waals surface area contributed by atoms with Gasteiger partial charge < -0.3 is 9.64 Å². The van der Waals surface area contributed by atoms with Crippen molar-refractivity contribution < 1.29 is 4.74 Å². The lowest BCUT2D eigenvalue weighted by Gasteiger charge is -2.21. The molecule has 0 aromatic heterocycles. The highest BCUT2D eigenvalue weighted by Crippen LogP contribution is 2.13. The molecule has 1 atom stereocenters. The van der Waals surface area contributed by atoms with Gasteiger partial charge in [0.05, 0.1) is 0 Å². The summed E-state index contributed by atoms with van der Waals surface area (Å²) >= 11 is 0. The molecule has 0 saturated heterocycles. The van der Waals surface area contributed by atoms with Crippen LogP contribution in [0.4, 0.5) is 0 Å². The van der Waals surface area contributed by atoms with Crippen LogP contribution in [0.5, 0.6) is 0 Å². The predicted octanol–water partition coefficient (Wildman–Crippen LogP) is 1.61. The number of nitrogens with one attached hydrogen (secondary N) is 1. The maximum absolute atomic E-state index is 7.45. The highest BCUT2D eigenvalue weighted by atomic mass is 16.5. The maximum Gasteiger partial charge on any atom is 0.284 e. The van der Waals surface area contributed by atoms with E-state index in [0.717, 1.165) is 12.8 Å². The summed E-state index contributed by atoms with van der Waals surface area (Å²) in [6, 6.07) is 0.242. The van der Waals surface area contributed by atoms with Crippen molar-refractivity contribution in [3.8, 4) is 0 Å². The van der Waals surface area contributed by atoms with Crippen LogP contribution in [0.1, 0.15) is 19.3 Å². The lowest BCUT2D eigenvalue weighted by Crippen LogP contribution is -2.28. The summed E-state index contributed by atoms with van der Waals surface area (Å²) in [4.78, 5) is 1.67. The van der Waals surface area contributed by atoms with Crippen LogP contribution in [0.2, 0.25) is 0 Å². The molecule has 1 rings (SSSR count). The van der Waals surface area contributed by atoms with E-state index in [2.05, 4.69) is 6.08 Å². The molecule has 0 amide bonds. The highest BCUT2D eigenvalue weighted by molar-refractivity contribution is 5.69. The second-order valence-corrected chi connectivity index (χ2v) is 3.21. The van der Waals surface area contributed by atoms with Crippen LogP contribution >= 0.6 is 0 Å². The van der Waals surface area contributed by atoms with Crippen molar-refractivity contribution in [2.45, 2.75) is 25.4 Å². The van der Waals surface area contributed by atoms with Gasteiger partial charge in [0.25, 0.3) is 6.02 Å². The Labute approximate surface area is 73.5 Å². The van der Waals surface area contributed by atoms with E-state index in [1.807, 2.05) is 20.2 Å². The van der Waals surface area contributed by atoms with Gasteiger partial charge in [-0.15, -0.1) is 0 Å². The fraction of sp³-hybridized carbons (Fsp3) is 0.667. The lowest BCUT2D eigenvalue weighted by molar-refractivity contribution is 0.182. The minimum absolute atomic E-state index is 0.119. The quantitative estimate of drug-likeness (QED) is 0.367. The molecule has 0 heterocycles. The predicted molar refractivity (Wildman–Crippen MR) is 49.3 cm³/mol. The molecule has 1 unspecified atom stereocenters. The van der Waals surface area contributed by atoms with E-state index in [1.165, 1.54) is 6.42 Å². The number of allylic oxidation sites excluding steroid dienone is 1. The van der Waals surface area contributed by atoms with Gasteiger partial charge in [0.1, 0.15) is 6.10 Å². The second kappa shape index (κ2) is 4.14. The Kier molecular flexibility index (Phi) is 3.14. The molecule has 0 aromatic rings. The largest absolute Gasteiger partial charge is 0.458 e. The molecule has 3 nitrogen and oxygen atoms in total. The third kappa shape index (κ3) is 2.57. The Morgan fingerprint density at radius 1 is 1.58 bits per heavy atom. The number of hydrogen-bond donors (Lipinski definition) is 1. The number of amidine groups is 1. The van der Waals surface area contributed by atoms with E-state index in [-0.39, 0.29) is 12.1 Å². The van der Waals surface area contributed by atoms with Crippen LogP contribution in [0.25, 0.3) is 0 Å². The summed E-state index contributed by atoms with van der Waals surface area (Å²) in [5.41, 5.74) is 0. The topological polar surface area (TPSA) is 36.3 Å². The fourth-order valence-electron chi connectivity index (χ4n) is 1.13. The van der Waals surface area contributed by atoms with Crippen molar-refractivity contribution in [2.75, 3.05) is 14.1 Å². The van der Waals surface area contributed by atoms with Crippen molar-refractivity contribution in [3.05, 3.63) is 12.2 Å². The molecule has 1 aliphatic carbocycles. The standard InChI is InChI=1S/C9H16N2O/c1-11(2)9(10)12-8-6-4-3-5-7-8/h4,6,8,10H,3,5,7H2,1-2H3. The van der Waals surface area contributed by atoms with Crippen molar-refractivity contribution in [3.63, 3.8) is 0 Å². The molecule has 12 heavy (non-hydrogen) atoms. The molecule has 0 bridgehead atoms. The summed E-state index contributed by atoms with van der Waals surface area (Å²) in [5.74, 6) is 0. The highest BCUT2D eigenvalue weighted by Gasteiger charge is 2.11. The first kappa shape index (κ1) is 9.10. The third-order valence-corrected chi connectivity index (χ3v) is 1.88. The zero-order valence-electron chi connectivity index (χ0n) is 7.71. The van der Waals surface area contributed by atoms with Crippen molar-refractivity contribution in [1.29, 1.82) is 5.41 Å². The summed E-state index contributed by atoms with van der Waals surface area (Å²) < 4.78 is 5.38.